The van der Waals surface area contributed by atoms with Crippen LogP contribution in [0.25, 0.3) is 0 Å². The number of hydrogen-bond donors (Lipinski definition) is 1. The summed E-state index contributed by atoms with van der Waals surface area (Å²) in [4.78, 5) is 10.8. The molecule has 0 aliphatic heterocycles. The van der Waals surface area contributed by atoms with Gasteiger partial charge in [0, 0.05) is 12.0 Å². The van der Waals surface area contributed by atoms with Crippen molar-refractivity contribution in [2.75, 3.05) is 0 Å². The Morgan fingerprint density at radius 3 is 2.78 bits per heavy atom. The van der Waals surface area contributed by atoms with Crippen LogP contribution in [0.15, 0.2) is 0 Å². The number of carbonyl (C=O) groups is 1. The molecule has 1 saturated carbocycles. The standard InChI is InChI=1S/C12H20N4O2/c1-9(10(17)18)5-8-16-11(13-14-15-16)12(2)6-3-4-7-12/h9H,3-8H2,1-2H3,(H,17,18). The zero-order valence-electron chi connectivity index (χ0n) is 11.0. The molecule has 0 bridgehead atoms. The van der Waals surface area contributed by atoms with Gasteiger partial charge in [0.15, 0.2) is 5.82 Å². The van der Waals surface area contributed by atoms with Crippen molar-refractivity contribution in [3.63, 3.8) is 0 Å². The van der Waals surface area contributed by atoms with E-state index in [2.05, 4.69) is 22.4 Å². The average molecular weight is 252 g/mol. The number of hydrogen-bond acceptors (Lipinski definition) is 4. The molecule has 6 heteroatoms. The highest BCUT2D eigenvalue weighted by Crippen LogP contribution is 2.39. The fourth-order valence-corrected chi connectivity index (χ4v) is 2.61. The molecule has 0 amide bonds. The van der Waals surface area contributed by atoms with Crippen molar-refractivity contribution in [2.24, 2.45) is 5.92 Å². The lowest BCUT2D eigenvalue weighted by atomic mass is 9.88. The van der Waals surface area contributed by atoms with E-state index in [0.29, 0.717) is 13.0 Å². The molecule has 1 fully saturated rings. The minimum atomic E-state index is -0.767. The van der Waals surface area contributed by atoms with Crippen LogP contribution in [0.4, 0.5) is 0 Å². The van der Waals surface area contributed by atoms with Gasteiger partial charge in [0.2, 0.25) is 0 Å². The Balaban J connectivity index is 2.06. The summed E-state index contributed by atoms with van der Waals surface area (Å²) in [6.45, 7) is 4.48. The van der Waals surface area contributed by atoms with E-state index in [4.69, 9.17) is 5.11 Å². The molecular formula is C12H20N4O2. The number of tetrazole rings is 1. The summed E-state index contributed by atoms with van der Waals surface area (Å²) in [6.07, 6.45) is 5.22. The second kappa shape index (κ2) is 5.04. The number of rotatable bonds is 5. The normalized spacial score (nSPS) is 19.9. The highest BCUT2D eigenvalue weighted by molar-refractivity contribution is 5.69. The van der Waals surface area contributed by atoms with Gasteiger partial charge in [0.1, 0.15) is 0 Å². The Kier molecular flexibility index (Phi) is 3.63. The van der Waals surface area contributed by atoms with Crippen molar-refractivity contribution in [3.8, 4) is 0 Å². The number of aliphatic carboxylic acids is 1. The van der Waals surface area contributed by atoms with E-state index in [1.165, 1.54) is 12.8 Å². The molecule has 1 aromatic heterocycles. The number of carboxylic acids is 1. The molecule has 0 radical (unpaired) electrons. The molecule has 0 spiro atoms. The Bertz CT molecular complexity index is 423. The first-order valence-corrected chi connectivity index (χ1v) is 6.52. The Labute approximate surface area is 106 Å². The highest BCUT2D eigenvalue weighted by atomic mass is 16.4. The topological polar surface area (TPSA) is 80.9 Å². The van der Waals surface area contributed by atoms with Crippen LogP contribution in [0.5, 0.6) is 0 Å². The zero-order chi connectivity index (χ0) is 13.2. The summed E-state index contributed by atoms with van der Waals surface area (Å²) in [6, 6.07) is 0. The van der Waals surface area contributed by atoms with Crippen molar-refractivity contribution in [2.45, 2.75) is 57.9 Å². The third-order valence-corrected chi connectivity index (χ3v) is 3.97. The van der Waals surface area contributed by atoms with E-state index in [9.17, 15) is 4.79 Å². The fourth-order valence-electron chi connectivity index (χ4n) is 2.61. The van der Waals surface area contributed by atoms with E-state index in [1.807, 2.05) is 0 Å². The summed E-state index contributed by atoms with van der Waals surface area (Å²) in [7, 11) is 0. The van der Waals surface area contributed by atoms with Gasteiger partial charge in [-0.2, -0.15) is 0 Å². The second-order valence-electron chi connectivity index (χ2n) is 5.52. The van der Waals surface area contributed by atoms with Gasteiger partial charge in [-0.1, -0.05) is 26.7 Å². The maximum Gasteiger partial charge on any atom is 0.306 e. The van der Waals surface area contributed by atoms with Gasteiger partial charge >= 0.3 is 5.97 Å². The quantitative estimate of drug-likeness (QED) is 0.861. The van der Waals surface area contributed by atoms with E-state index >= 15 is 0 Å². The van der Waals surface area contributed by atoms with E-state index in [-0.39, 0.29) is 11.3 Å². The summed E-state index contributed by atoms with van der Waals surface area (Å²) < 4.78 is 1.78. The molecule has 2 rings (SSSR count). The van der Waals surface area contributed by atoms with Gasteiger partial charge in [-0.3, -0.25) is 4.79 Å². The lowest BCUT2D eigenvalue weighted by molar-refractivity contribution is -0.141. The van der Waals surface area contributed by atoms with Crippen LogP contribution in [-0.2, 0) is 16.8 Å². The third kappa shape index (κ3) is 2.52. The monoisotopic (exact) mass is 252 g/mol. The Morgan fingerprint density at radius 2 is 2.17 bits per heavy atom. The van der Waals surface area contributed by atoms with Crippen LogP contribution in [0, 0.1) is 5.92 Å². The van der Waals surface area contributed by atoms with Crippen LogP contribution >= 0.6 is 0 Å². The molecule has 1 aliphatic rings. The predicted molar refractivity (Wildman–Crippen MR) is 65.1 cm³/mol. The van der Waals surface area contributed by atoms with Gasteiger partial charge in [-0.15, -0.1) is 5.10 Å². The average Bonchev–Trinajstić information content (AvgIpc) is 2.94. The third-order valence-electron chi connectivity index (χ3n) is 3.97. The minimum Gasteiger partial charge on any atom is -0.481 e. The lowest BCUT2D eigenvalue weighted by Gasteiger charge is -2.22. The van der Waals surface area contributed by atoms with Crippen molar-refractivity contribution in [3.05, 3.63) is 5.82 Å². The molecule has 1 aliphatic carbocycles. The molecule has 18 heavy (non-hydrogen) atoms. The second-order valence-corrected chi connectivity index (χ2v) is 5.52. The number of carboxylic acid groups (broad SMARTS) is 1. The molecule has 1 aromatic rings. The molecular weight excluding hydrogens is 232 g/mol. The first kappa shape index (κ1) is 13.0. The van der Waals surface area contributed by atoms with Crippen molar-refractivity contribution in [1.29, 1.82) is 0 Å². The number of aromatic nitrogens is 4. The Morgan fingerprint density at radius 1 is 1.50 bits per heavy atom. The van der Waals surface area contributed by atoms with Crippen molar-refractivity contribution in [1.82, 2.24) is 20.2 Å². The first-order chi connectivity index (χ1) is 8.53. The van der Waals surface area contributed by atoms with Gasteiger partial charge in [-0.05, 0) is 29.7 Å². The van der Waals surface area contributed by atoms with E-state index in [1.54, 1.807) is 11.6 Å². The van der Waals surface area contributed by atoms with Crippen LogP contribution in [0.1, 0.15) is 51.8 Å². The first-order valence-electron chi connectivity index (χ1n) is 6.52. The van der Waals surface area contributed by atoms with Crippen LogP contribution < -0.4 is 0 Å². The van der Waals surface area contributed by atoms with Crippen molar-refractivity contribution < 1.29 is 9.90 Å². The number of nitrogens with zero attached hydrogens (tertiary/aromatic N) is 4. The van der Waals surface area contributed by atoms with Crippen LogP contribution in [0.2, 0.25) is 0 Å². The summed E-state index contributed by atoms with van der Waals surface area (Å²) >= 11 is 0. The zero-order valence-corrected chi connectivity index (χ0v) is 11.0. The van der Waals surface area contributed by atoms with Gasteiger partial charge in [0.05, 0.1) is 5.92 Å². The molecule has 0 saturated heterocycles. The molecule has 1 N–H and O–H groups in total. The Hall–Kier alpha value is -1.46. The van der Waals surface area contributed by atoms with E-state index in [0.717, 1.165) is 18.7 Å². The smallest absolute Gasteiger partial charge is 0.306 e. The van der Waals surface area contributed by atoms with Crippen LogP contribution in [-0.4, -0.2) is 31.3 Å². The highest BCUT2D eigenvalue weighted by Gasteiger charge is 2.35. The lowest BCUT2D eigenvalue weighted by Crippen LogP contribution is -2.24. The molecule has 1 heterocycles. The van der Waals surface area contributed by atoms with Gasteiger partial charge in [0.25, 0.3) is 0 Å². The maximum atomic E-state index is 10.8. The largest absolute Gasteiger partial charge is 0.481 e. The molecule has 6 nitrogen and oxygen atoms in total. The summed E-state index contributed by atoms with van der Waals surface area (Å²) in [5, 5.41) is 20.8. The predicted octanol–water partition coefficient (Wildman–Crippen LogP) is 1.62. The molecule has 0 aromatic carbocycles. The summed E-state index contributed by atoms with van der Waals surface area (Å²) in [5.74, 6) is -0.215. The van der Waals surface area contributed by atoms with Gasteiger partial charge < -0.3 is 5.11 Å². The van der Waals surface area contributed by atoms with Crippen molar-refractivity contribution >= 4 is 5.97 Å². The molecule has 1 unspecified atom stereocenters. The molecule has 100 valence electrons. The SMILES string of the molecule is CC(CCn1nnnc1C1(C)CCCC1)C(=O)O. The van der Waals surface area contributed by atoms with E-state index < -0.39 is 5.97 Å². The van der Waals surface area contributed by atoms with Crippen LogP contribution in [0.3, 0.4) is 0 Å². The molecule has 1 atom stereocenters. The fraction of sp³-hybridized carbons (Fsp3) is 0.833. The maximum absolute atomic E-state index is 10.8. The minimum absolute atomic E-state index is 0.0654. The number of aryl methyl sites for hydroxylation is 1. The van der Waals surface area contributed by atoms with Gasteiger partial charge in [-0.25, -0.2) is 4.68 Å². The summed E-state index contributed by atoms with van der Waals surface area (Å²) in [5.41, 5.74) is 0.0654.